The van der Waals surface area contributed by atoms with Crippen molar-refractivity contribution in [1.29, 1.82) is 0 Å². The lowest BCUT2D eigenvalue weighted by molar-refractivity contribution is -0.135. The van der Waals surface area contributed by atoms with Gasteiger partial charge in [0.1, 0.15) is 12.4 Å². The zero-order chi connectivity index (χ0) is 28.6. The number of rotatable bonds is 9. The van der Waals surface area contributed by atoms with Crippen molar-refractivity contribution >= 4 is 34.1 Å². The first-order chi connectivity index (χ1) is 19.1. The lowest BCUT2D eigenvalue weighted by atomic mass is 10.0. The molecular formula is C33H37FN4O2. The lowest BCUT2D eigenvalue weighted by Crippen LogP contribution is -2.38. The first-order valence-corrected chi connectivity index (χ1v) is 13.7. The van der Waals surface area contributed by atoms with Crippen molar-refractivity contribution in [3.8, 4) is 0 Å². The number of fused-ring (bicyclic) bond motifs is 1. The highest BCUT2D eigenvalue weighted by Crippen LogP contribution is 2.67. The Morgan fingerprint density at radius 1 is 0.975 bits per heavy atom. The fraction of sp³-hybridized carbons (Fsp3) is 0.333. The van der Waals surface area contributed by atoms with Crippen molar-refractivity contribution in [3.05, 3.63) is 95.4 Å². The van der Waals surface area contributed by atoms with Crippen LogP contribution >= 0.6 is 0 Å². The standard InChI is InChI=1S/C33H37FN4O2/c1-21-31(25-11-7-9-13-28(25)35-21)32-26(33(32,2)3)18-30(40)38(19-22-10-6-8-12-27(22)34)20-29(39)36-23-14-16-24(17-15-23)37(4)5/h6-17,26,32,35H,18-20H2,1-5H3,(H,36,39)/t26-,32-/m0/s1. The first kappa shape index (κ1) is 27.4. The second kappa shape index (κ2) is 10.8. The number of H-pyrrole nitrogens is 1. The highest BCUT2D eigenvalue weighted by atomic mass is 19.1. The summed E-state index contributed by atoms with van der Waals surface area (Å²) in [7, 11) is 3.90. The van der Waals surface area contributed by atoms with Gasteiger partial charge in [-0.2, -0.15) is 0 Å². The third-order valence-corrected chi connectivity index (χ3v) is 8.37. The second-order valence-electron chi connectivity index (χ2n) is 11.6. The number of aromatic nitrogens is 1. The summed E-state index contributed by atoms with van der Waals surface area (Å²) in [5.41, 5.74) is 5.45. The largest absolute Gasteiger partial charge is 0.378 e. The van der Waals surface area contributed by atoms with Gasteiger partial charge in [0, 0.05) is 60.6 Å². The van der Waals surface area contributed by atoms with Gasteiger partial charge >= 0.3 is 0 Å². The Kier molecular flexibility index (Phi) is 7.41. The van der Waals surface area contributed by atoms with Crippen molar-refractivity contribution < 1.29 is 14.0 Å². The number of aryl methyl sites for hydroxylation is 1. The average molecular weight is 541 g/mol. The van der Waals surface area contributed by atoms with Crippen LogP contribution in [0.15, 0.2) is 72.8 Å². The van der Waals surface area contributed by atoms with E-state index in [2.05, 4.69) is 43.2 Å². The van der Waals surface area contributed by atoms with Crippen LogP contribution in [0, 0.1) is 24.1 Å². The van der Waals surface area contributed by atoms with E-state index >= 15 is 0 Å². The van der Waals surface area contributed by atoms with Gasteiger partial charge in [0.15, 0.2) is 0 Å². The van der Waals surface area contributed by atoms with E-state index < -0.39 is 0 Å². The number of para-hydroxylation sites is 1. The zero-order valence-electron chi connectivity index (χ0n) is 23.8. The number of nitrogens with zero attached hydrogens (tertiary/aromatic N) is 2. The van der Waals surface area contributed by atoms with E-state index in [4.69, 9.17) is 0 Å². The number of nitrogens with one attached hydrogen (secondary N) is 2. The van der Waals surface area contributed by atoms with Gasteiger partial charge in [0.25, 0.3) is 0 Å². The minimum atomic E-state index is -0.390. The number of amides is 2. The molecule has 1 fully saturated rings. The molecule has 7 heteroatoms. The van der Waals surface area contributed by atoms with Crippen LogP contribution in [0.5, 0.6) is 0 Å². The molecule has 40 heavy (non-hydrogen) atoms. The SMILES string of the molecule is Cc1[nH]c2ccccc2c1[C@@H]1[C@H](CC(=O)N(CC(=O)Nc2ccc(N(C)C)cc2)Cc2ccccc2F)C1(C)C. The second-order valence-corrected chi connectivity index (χ2v) is 11.6. The molecule has 3 aromatic carbocycles. The predicted molar refractivity (Wildman–Crippen MR) is 159 cm³/mol. The Morgan fingerprint density at radius 2 is 1.65 bits per heavy atom. The van der Waals surface area contributed by atoms with Gasteiger partial charge < -0.3 is 20.1 Å². The Morgan fingerprint density at radius 3 is 2.35 bits per heavy atom. The molecule has 0 saturated heterocycles. The van der Waals surface area contributed by atoms with Gasteiger partial charge in [0.2, 0.25) is 11.8 Å². The maximum Gasteiger partial charge on any atom is 0.244 e. The molecule has 1 heterocycles. The number of hydrogen-bond donors (Lipinski definition) is 2. The van der Waals surface area contributed by atoms with Crippen molar-refractivity contribution in [2.45, 2.75) is 39.7 Å². The minimum Gasteiger partial charge on any atom is -0.378 e. The van der Waals surface area contributed by atoms with Crippen LogP contribution in [-0.2, 0) is 16.1 Å². The summed E-state index contributed by atoms with van der Waals surface area (Å²) >= 11 is 0. The van der Waals surface area contributed by atoms with E-state index in [1.807, 2.05) is 55.4 Å². The van der Waals surface area contributed by atoms with Crippen molar-refractivity contribution in [1.82, 2.24) is 9.88 Å². The first-order valence-electron chi connectivity index (χ1n) is 13.7. The molecule has 1 saturated carbocycles. The summed E-state index contributed by atoms with van der Waals surface area (Å²) < 4.78 is 14.6. The topological polar surface area (TPSA) is 68.4 Å². The molecule has 0 bridgehead atoms. The molecule has 1 aromatic heterocycles. The Labute approximate surface area is 235 Å². The average Bonchev–Trinajstić information content (AvgIpc) is 3.26. The zero-order valence-corrected chi connectivity index (χ0v) is 23.8. The van der Waals surface area contributed by atoms with Gasteiger partial charge in [0.05, 0.1) is 0 Å². The number of hydrogen-bond acceptors (Lipinski definition) is 3. The number of benzene rings is 3. The molecule has 2 amide bonds. The normalized spacial score (nSPS) is 17.4. The van der Waals surface area contributed by atoms with Crippen molar-refractivity contribution in [3.63, 3.8) is 0 Å². The van der Waals surface area contributed by atoms with Crippen LogP contribution in [0.3, 0.4) is 0 Å². The molecule has 1 aliphatic rings. The van der Waals surface area contributed by atoms with E-state index in [0.717, 1.165) is 16.9 Å². The molecule has 6 nitrogen and oxygen atoms in total. The third-order valence-electron chi connectivity index (χ3n) is 8.37. The van der Waals surface area contributed by atoms with Crippen LogP contribution in [0.4, 0.5) is 15.8 Å². The van der Waals surface area contributed by atoms with E-state index in [-0.39, 0.29) is 54.4 Å². The monoisotopic (exact) mass is 540 g/mol. The number of aromatic amines is 1. The van der Waals surface area contributed by atoms with Crippen molar-refractivity contribution in [2.75, 3.05) is 30.9 Å². The molecule has 0 spiro atoms. The highest BCUT2D eigenvalue weighted by Gasteiger charge is 2.59. The van der Waals surface area contributed by atoms with E-state index in [0.29, 0.717) is 11.3 Å². The molecule has 2 atom stereocenters. The number of carbonyl (C=O) groups is 2. The number of halogens is 1. The predicted octanol–water partition coefficient (Wildman–Crippen LogP) is 6.48. The maximum absolute atomic E-state index is 14.6. The molecule has 0 unspecified atom stereocenters. The van der Waals surface area contributed by atoms with Crippen LogP contribution < -0.4 is 10.2 Å². The fourth-order valence-electron chi connectivity index (χ4n) is 6.00. The Bertz CT molecular complexity index is 1540. The third kappa shape index (κ3) is 5.46. The Balaban J connectivity index is 1.34. The summed E-state index contributed by atoms with van der Waals surface area (Å²) in [6.45, 7) is 6.35. The molecule has 208 valence electrons. The summed E-state index contributed by atoms with van der Waals surface area (Å²) in [5, 5.41) is 4.08. The molecule has 5 rings (SSSR count). The molecule has 0 aliphatic heterocycles. The van der Waals surface area contributed by atoms with E-state index in [9.17, 15) is 14.0 Å². The van der Waals surface area contributed by atoms with Gasteiger partial charge in [-0.05, 0) is 66.1 Å². The van der Waals surface area contributed by atoms with Crippen LogP contribution in [0.1, 0.15) is 43.0 Å². The molecule has 2 N–H and O–H groups in total. The lowest BCUT2D eigenvalue weighted by Gasteiger charge is -2.23. The van der Waals surface area contributed by atoms with Gasteiger partial charge in [-0.3, -0.25) is 9.59 Å². The number of anilines is 2. The highest BCUT2D eigenvalue weighted by molar-refractivity contribution is 5.95. The molecular weight excluding hydrogens is 503 g/mol. The minimum absolute atomic E-state index is 0.0302. The van der Waals surface area contributed by atoms with Crippen LogP contribution in [-0.4, -0.2) is 42.3 Å². The fourth-order valence-corrected chi connectivity index (χ4v) is 6.00. The van der Waals surface area contributed by atoms with Crippen molar-refractivity contribution in [2.24, 2.45) is 11.3 Å². The molecule has 4 aromatic rings. The maximum atomic E-state index is 14.6. The van der Waals surface area contributed by atoms with E-state index in [1.165, 1.54) is 21.9 Å². The summed E-state index contributed by atoms with van der Waals surface area (Å²) in [5.74, 6) is -0.533. The van der Waals surface area contributed by atoms with Gasteiger partial charge in [-0.15, -0.1) is 0 Å². The van der Waals surface area contributed by atoms with Crippen LogP contribution in [0.25, 0.3) is 10.9 Å². The number of carbonyl (C=O) groups excluding carboxylic acids is 2. The van der Waals surface area contributed by atoms with E-state index in [1.54, 1.807) is 18.2 Å². The quantitative estimate of drug-likeness (QED) is 0.255. The van der Waals surface area contributed by atoms with Crippen LogP contribution in [0.2, 0.25) is 0 Å². The van der Waals surface area contributed by atoms with Gasteiger partial charge in [-0.25, -0.2) is 4.39 Å². The molecule has 0 radical (unpaired) electrons. The summed E-state index contributed by atoms with van der Waals surface area (Å²) in [6.07, 6.45) is 0.288. The summed E-state index contributed by atoms with van der Waals surface area (Å²) in [6, 6.07) is 22.2. The molecule has 1 aliphatic carbocycles. The van der Waals surface area contributed by atoms with Gasteiger partial charge in [-0.1, -0.05) is 50.2 Å². The Hall–Kier alpha value is -4.13. The summed E-state index contributed by atoms with van der Waals surface area (Å²) in [4.78, 5) is 33.8. The smallest absolute Gasteiger partial charge is 0.244 e.